The van der Waals surface area contributed by atoms with Crippen molar-refractivity contribution in [2.45, 2.75) is 64.5 Å². The summed E-state index contributed by atoms with van der Waals surface area (Å²) in [6.45, 7) is 8.41. The zero-order valence-electron chi connectivity index (χ0n) is 13.7. The molecule has 1 saturated heterocycles. The lowest BCUT2D eigenvalue weighted by molar-refractivity contribution is 0.192. The Hall–Kier alpha value is -0.860. The van der Waals surface area contributed by atoms with E-state index in [1.807, 2.05) is 0 Å². The third-order valence-corrected chi connectivity index (χ3v) is 5.24. The van der Waals surface area contributed by atoms with Crippen molar-refractivity contribution in [3.05, 3.63) is 34.9 Å². The van der Waals surface area contributed by atoms with Gasteiger partial charge in [0.05, 0.1) is 0 Å². The van der Waals surface area contributed by atoms with E-state index in [4.69, 9.17) is 0 Å². The first-order valence-electron chi connectivity index (χ1n) is 8.86. The van der Waals surface area contributed by atoms with E-state index in [0.717, 1.165) is 0 Å². The van der Waals surface area contributed by atoms with Gasteiger partial charge in [0, 0.05) is 12.1 Å². The van der Waals surface area contributed by atoms with Gasteiger partial charge in [0.25, 0.3) is 0 Å². The van der Waals surface area contributed by atoms with Crippen LogP contribution in [0, 0.1) is 0 Å². The van der Waals surface area contributed by atoms with Gasteiger partial charge in [-0.25, -0.2) is 0 Å². The van der Waals surface area contributed by atoms with Crippen LogP contribution >= 0.6 is 0 Å². The summed E-state index contributed by atoms with van der Waals surface area (Å²) in [4.78, 5) is 2.61. The second kappa shape index (κ2) is 6.93. The molecule has 3 rings (SSSR count). The van der Waals surface area contributed by atoms with Gasteiger partial charge in [0.1, 0.15) is 0 Å². The molecule has 0 saturated carbocycles. The number of likely N-dealkylation sites (tertiary alicyclic amines) is 1. The molecule has 2 nitrogen and oxygen atoms in total. The van der Waals surface area contributed by atoms with Crippen molar-refractivity contribution in [3.63, 3.8) is 0 Å². The number of fused-ring (bicyclic) bond motifs is 1. The van der Waals surface area contributed by atoms with Gasteiger partial charge in [0.15, 0.2) is 0 Å². The molecule has 1 unspecified atom stereocenters. The van der Waals surface area contributed by atoms with Crippen LogP contribution in [-0.4, -0.2) is 30.6 Å². The second-order valence-corrected chi connectivity index (χ2v) is 6.89. The highest BCUT2D eigenvalue weighted by Gasteiger charge is 2.21. The van der Waals surface area contributed by atoms with Crippen LogP contribution in [0.25, 0.3) is 0 Å². The fourth-order valence-electron chi connectivity index (χ4n) is 3.95. The molecular weight excluding hydrogens is 256 g/mol. The van der Waals surface area contributed by atoms with E-state index >= 15 is 0 Å². The van der Waals surface area contributed by atoms with Crippen LogP contribution in [0.15, 0.2) is 18.2 Å². The van der Waals surface area contributed by atoms with Gasteiger partial charge in [-0.3, -0.25) is 0 Å². The molecular formula is C19H30N2. The SMILES string of the molecule is CCCN1CCC(NC(C)c2ccc3c(c2)CCC3)CC1. The number of hydrogen-bond donors (Lipinski definition) is 1. The molecule has 1 N–H and O–H groups in total. The van der Waals surface area contributed by atoms with Crippen LogP contribution in [0.3, 0.4) is 0 Å². The Morgan fingerprint density at radius 1 is 1.19 bits per heavy atom. The lowest BCUT2D eigenvalue weighted by Crippen LogP contribution is -2.43. The molecule has 1 heterocycles. The number of rotatable bonds is 5. The number of nitrogens with one attached hydrogen (secondary N) is 1. The Kier molecular flexibility index (Phi) is 4.97. The van der Waals surface area contributed by atoms with Crippen molar-refractivity contribution in [1.82, 2.24) is 10.2 Å². The first kappa shape index (κ1) is 15.1. The highest BCUT2D eigenvalue weighted by atomic mass is 15.1. The van der Waals surface area contributed by atoms with Crippen molar-refractivity contribution >= 4 is 0 Å². The molecule has 0 radical (unpaired) electrons. The monoisotopic (exact) mass is 286 g/mol. The zero-order chi connectivity index (χ0) is 14.7. The van der Waals surface area contributed by atoms with Gasteiger partial charge in [-0.15, -0.1) is 0 Å². The summed E-state index contributed by atoms with van der Waals surface area (Å²) in [6.07, 6.45) is 7.79. The number of aryl methyl sites for hydroxylation is 2. The number of nitrogens with zero attached hydrogens (tertiary/aromatic N) is 1. The molecule has 2 heteroatoms. The first-order chi connectivity index (χ1) is 10.3. The molecule has 1 aliphatic carbocycles. The van der Waals surface area contributed by atoms with E-state index in [1.165, 1.54) is 63.7 Å². The van der Waals surface area contributed by atoms with Crippen molar-refractivity contribution in [2.24, 2.45) is 0 Å². The normalized spacial score (nSPS) is 21.4. The Morgan fingerprint density at radius 2 is 1.95 bits per heavy atom. The predicted molar refractivity (Wildman–Crippen MR) is 89.8 cm³/mol. The minimum Gasteiger partial charge on any atom is -0.307 e. The highest BCUT2D eigenvalue weighted by molar-refractivity contribution is 5.36. The van der Waals surface area contributed by atoms with Gasteiger partial charge >= 0.3 is 0 Å². The average Bonchev–Trinajstić information content (AvgIpc) is 2.97. The quantitative estimate of drug-likeness (QED) is 0.888. The molecule has 1 fully saturated rings. The summed E-state index contributed by atoms with van der Waals surface area (Å²) >= 11 is 0. The summed E-state index contributed by atoms with van der Waals surface area (Å²) < 4.78 is 0. The van der Waals surface area contributed by atoms with Crippen molar-refractivity contribution in [1.29, 1.82) is 0 Å². The molecule has 0 amide bonds. The van der Waals surface area contributed by atoms with E-state index in [9.17, 15) is 0 Å². The Labute approximate surface area is 129 Å². The molecule has 1 aromatic rings. The van der Waals surface area contributed by atoms with Crippen LogP contribution in [0.5, 0.6) is 0 Å². The standard InChI is InChI=1S/C19H30N2/c1-3-11-21-12-9-19(10-13-21)20-15(2)17-8-7-16-5-4-6-18(16)14-17/h7-8,14-15,19-20H,3-6,9-13H2,1-2H3. The zero-order valence-corrected chi connectivity index (χ0v) is 13.7. The Morgan fingerprint density at radius 3 is 2.71 bits per heavy atom. The van der Waals surface area contributed by atoms with E-state index in [2.05, 4.69) is 42.3 Å². The minimum atomic E-state index is 0.485. The smallest absolute Gasteiger partial charge is 0.0294 e. The van der Waals surface area contributed by atoms with Crippen molar-refractivity contribution in [3.8, 4) is 0 Å². The van der Waals surface area contributed by atoms with Gasteiger partial charge in [-0.2, -0.15) is 0 Å². The van der Waals surface area contributed by atoms with Crippen LogP contribution in [0.4, 0.5) is 0 Å². The molecule has 0 spiro atoms. The Balaban J connectivity index is 1.53. The maximum atomic E-state index is 3.86. The maximum absolute atomic E-state index is 3.86. The third kappa shape index (κ3) is 3.67. The number of benzene rings is 1. The van der Waals surface area contributed by atoms with Crippen LogP contribution in [-0.2, 0) is 12.8 Å². The lowest BCUT2D eigenvalue weighted by atomic mass is 9.99. The molecule has 116 valence electrons. The molecule has 1 aromatic carbocycles. The van der Waals surface area contributed by atoms with Crippen molar-refractivity contribution < 1.29 is 0 Å². The maximum Gasteiger partial charge on any atom is 0.0294 e. The van der Waals surface area contributed by atoms with Gasteiger partial charge in [-0.05, 0) is 81.8 Å². The topological polar surface area (TPSA) is 15.3 Å². The summed E-state index contributed by atoms with van der Waals surface area (Å²) in [5.41, 5.74) is 4.66. The molecule has 0 aromatic heterocycles. The van der Waals surface area contributed by atoms with E-state index < -0.39 is 0 Å². The largest absolute Gasteiger partial charge is 0.307 e. The van der Waals surface area contributed by atoms with E-state index in [0.29, 0.717) is 12.1 Å². The highest BCUT2D eigenvalue weighted by Crippen LogP contribution is 2.26. The van der Waals surface area contributed by atoms with Crippen LogP contribution in [0.1, 0.15) is 62.3 Å². The van der Waals surface area contributed by atoms with Crippen LogP contribution in [0.2, 0.25) is 0 Å². The fraction of sp³-hybridized carbons (Fsp3) is 0.684. The average molecular weight is 286 g/mol. The number of hydrogen-bond acceptors (Lipinski definition) is 2. The molecule has 1 aliphatic heterocycles. The van der Waals surface area contributed by atoms with Gasteiger partial charge in [0.2, 0.25) is 0 Å². The van der Waals surface area contributed by atoms with Gasteiger partial charge < -0.3 is 10.2 Å². The second-order valence-electron chi connectivity index (χ2n) is 6.89. The molecule has 1 atom stereocenters. The Bertz CT molecular complexity index is 461. The van der Waals surface area contributed by atoms with Crippen molar-refractivity contribution in [2.75, 3.05) is 19.6 Å². The summed E-state index contributed by atoms with van der Waals surface area (Å²) in [5, 5.41) is 3.86. The molecule has 0 bridgehead atoms. The third-order valence-electron chi connectivity index (χ3n) is 5.24. The molecule has 2 aliphatic rings. The summed E-state index contributed by atoms with van der Waals surface area (Å²) in [6, 6.07) is 8.33. The summed E-state index contributed by atoms with van der Waals surface area (Å²) in [5.74, 6) is 0. The van der Waals surface area contributed by atoms with Gasteiger partial charge in [-0.1, -0.05) is 25.1 Å². The summed E-state index contributed by atoms with van der Waals surface area (Å²) in [7, 11) is 0. The minimum absolute atomic E-state index is 0.485. The molecule has 21 heavy (non-hydrogen) atoms. The lowest BCUT2D eigenvalue weighted by Gasteiger charge is -2.34. The number of piperidine rings is 1. The van der Waals surface area contributed by atoms with Crippen LogP contribution < -0.4 is 5.32 Å². The van der Waals surface area contributed by atoms with E-state index in [1.54, 1.807) is 11.1 Å². The van der Waals surface area contributed by atoms with E-state index in [-0.39, 0.29) is 0 Å². The predicted octanol–water partition coefficient (Wildman–Crippen LogP) is 3.70. The first-order valence-corrected chi connectivity index (χ1v) is 8.86. The fourth-order valence-corrected chi connectivity index (χ4v) is 3.95.